The van der Waals surface area contributed by atoms with Gasteiger partial charge in [0.05, 0.1) is 0 Å². The highest BCUT2D eigenvalue weighted by Crippen LogP contribution is 2.51. The van der Waals surface area contributed by atoms with Gasteiger partial charge in [-0.2, -0.15) is 0 Å². The minimum atomic E-state index is -0.165. The molecule has 78 valence electrons. The van der Waals surface area contributed by atoms with Crippen LogP contribution in [-0.4, -0.2) is 12.1 Å². The van der Waals surface area contributed by atoms with E-state index in [2.05, 4.69) is 6.92 Å². The van der Waals surface area contributed by atoms with Crippen molar-refractivity contribution in [3.8, 4) is 0 Å². The highest BCUT2D eigenvalue weighted by atomic mass is 16.1. The van der Waals surface area contributed by atoms with E-state index >= 15 is 0 Å². The van der Waals surface area contributed by atoms with Crippen molar-refractivity contribution in [1.29, 1.82) is 0 Å². The average molecular weight is 194 g/mol. The molecule has 0 N–H and O–H groups in total. The fourth-order valence-electron chi connectivity index (χ4n) is 3.35. The Morgan fingerprint density at radius 2 is 2.00 bits per heavy atom. The third-order valence-corrected chi connectivity index (χ3v) is 4.34. The summed E-state index contributed by atoms with van der Waals surface area (Å²) in [7, 11) is 0. The molecule has 3 aliphatic carbocycles. The summed E-state index contributed by atoms with van der Waals surface area (Å²) < 4.78 is 0. The van der Waals surface area contributed by atoms with Gasteiger partial charge in [0.1, 0.15) is 12.1 Å². The van der Waals surface area contributed by atoms with Crippen LogP contribution in [0.5, 0.6) is 0 Å². The van der Waals surface area contributed by atoms with E-state index in [0.717, 1.165) is 25.5 Å². The van der Waals surface area contributed by atoms with Crippen molar-refractivity contribution in [2.24, 2.45) is 17.3 Å². The third kappa shape index (κ3) is 1.32. The maximum Gasteiger partial charge on any atom is 0.142 e. The minimum absolute atomic E-state index is 0.165. The molecule has 2 nitrogen and oxygen atoms in total. The molecular formula is C12H18O2. The molecule has 2 heteroatoms. The first-order valence-electron chi connectivity index (χ1n) is 5.66. The van der Waals surface area contributed by atoms with Gasteiger partial charge in [0, 0.05) is 17.8 Å². The van der Waals surface area contributed by atoms with Crippen LogP contribution in [-0.2, 0) is 9.59 Å². The Bertz CT molecular complexity index is 251. The summed E-state index contributed by atoms with van der Waals surface area (Å²) >= 11 is 0. The Morgan fingerprint density at radius 1 is 1.36 bits per heavy atom. The largest absolute Gasteiger partial charge is 0.303 e. The van der Waals surface area contributed by atoms with Gasteiger partial charge in [-0.3, -0.25) is 4.79 Å². The smallest absolute Gasteiger partial charge is 0.142 e. The number of carbonyl (C=O) groups is 2. The normalized spacial score (nSPS) is 41.4. The lowest BCUT2D eigenvalue weighted by Crippen LogP contribution is -2.48. The molecule has 0 aromatic carbocycles. The van der Waals surface area contributed by atoms with Gasteiger partial charge in [-0.15, -0.1) is 0 Å². The van der Waals surface area contributed by atoms with Crippen molar-refractivity contribution in [1.82, 2.24) is 0 Å². The second kappa shape index (κ2) is 3.48. The van der Waals surface area contributed by atoms with E-state index in [0.29, 0.717) is 24.0 Å². The second-order valence-corrected chi connectivity index (χ2v) is 5.04. The molecule has 0 aromatic heterocycles. The fraction of sp³-hybridized carbons (Fsp3) is 0.833. The van der Waals surface area contributed by atoms with E-state index in [1.165, 1.54) is 12.8 Å². The van der Waals surface area contributed by atoms with E-state index in [-0.39, 0.29) is 5.41 Å². The zero-order valence-electron chi connectivity index (χ0n) is 8.79. The number of ketones is 1. The summed E-state index contributed by atoms with van der Waals surface area (Å²) in [5, 5.41) is 0. The molecule has 0 aliphatic heterocycles. The van der Waals surface area contributed by atoms with E-state index in [9.17, 15) is 9.59 Å². The van der Waals surface area contributed by atoms with E-state index in [4.69, 9.17) is 0 Å². The lowest BCUT2D eigenvalue weighted by molar-refractivity contribution is -0.145. The quantitative estimate of drug-likeness (QED) is 0.646. The highest BCUT2D eigenvalue weighted by molar-refractivity contribution is 5.88. The maximum atomic E-state index is 12.1. The summed E-state index contributed by atoms with van der Waals surface area (Å²) in [5.41, 5.74) is -0.165. The summed E-state index contributed by atoms with van der Waals surface area (Å²) in [6.07, 6.45) is 6.86. The zero-order chi connectivity index (χ0) is 10.2. The third-order valence-electron chi connectivity index (χ3n) is 4.34. The highest BCUT2D eigenvalue weighted by Gasteiger charge is 2.50. The molecule has 1 atom stereocenters. The molecular weight excluding hydrogens is 176 g/mol. The number of fused-ring (bicyclic) bond motifs is 3. The number of aldehydes is 1. The Hall–Kier alpha value is -0.660. The molecule has 14 heavy (non-hydrogen) atoms. The Balaban J connectivity index is 2.16. The van der Waals surface area contributed by atoms with Gasteiger partial charge in [-0.1, -0.05) is 6.92 Å². The number of hydrogen-bond acceptors (Lipinski definition) is 2. The van der Waals surface area contributed by atoms with Crippen LogP contribution in [0.4, 0.5) is 0 Å². The molecule has 0 heterocycles. The number of rotatable bonds is 3. The Labute approximate surface area is 85.1 Å². The number of hydrogen-bond donors (Lipinski definition) is 0. The molecule has 3 rings (SSSR count). The number of carbonyl (C=O) groups excluding carboxylic acids is 2. The average Bonchev–Trinajstić information content (AvgIpc) is 2.23. The van der Waals surface area contributed by atoms with Crippen molar-refractivity contribution in [3.05, 3.63) is 0 Å². The summed E-state index contributed by atoms with van der Waals surface area (Å²) in [5.74, 6) is 1.32. The first kappa shape index (κ1) is 9.88. The lowest BCUT2D eigenvalue weighted by atomic mass is 9.54. The molecule has 3 fully saturated rings. The minimum Gasteiger partial charge on any atom is -0.303 e. The van der Waals surface area contributed by atoms with Gasteiger partial charge in [0.15, 0.2) is 0 Å². The van der Waals surface area contributed by atoms with Crippen LogP contribution in [0.25, 0.3) is 0 Å². The second-order valence-electron chi connectivity index (χ2n) is 5.04. The molecule has 3 saturated carbocycles. The van der Waals surface area contributed by atoms with Crippen molar-refractivity contribution < 1.29 is 9.59 Å². The van der Waals surface area contributed by atoms with Crippen molar-refractivity contribution >= 4 is 12.1 Å². The van der Waals surface area contributed by atoms with Crippen LogP contribution >= 0.6 is 0 Å². The van der Waals surface area contributed by atoms with Gasteiger partial charge < -0.3 is 4.79 Å². The maximum absolute atomic E-state index is 12.1. The van der Waals surface area contributed by atoms with Gasteiger partial charge in [0.2, 0.25) is 0 Å². The molecule has 0 aromatic rings. The van der Waals surface area contributed by atoms with Crippen LogP contribution in [0.1, 0.15) is 45.4 Å². The van der Waals surface area contributed by atoms with Crippen LogP contribution in [0.2, 0.25) is 0 Å². The van der Waals surface area contributed by atoms with Gasteiger partial charge in [-0.25, -0.2) is 0 Å². The summed E-state index contributed by atoms with van der Waals surface area (Å²) in [6, 6.07) is 0. The van der Waals surface area contributed by atoms with Crippen molar-refractivity contribution in [2.75, 3.05) is 0 Å². The summed E-state index contributed by atoms with van der Waals surface area (Å²) in [4.78, 5) is 22.5. The monoisotopic (exact) mass is 194 g/mol. The lowest BCUT2D eigenvalue weighted by Gasteiger charge is -2.48. The first-order chi connectivity index (χ1) is 6.68. The molecule has 3 aliphatic rings. The molecule has 0 saturated heterocycles. The van der Waals surface area contributed by atoms with E-state index in [1.54, 1.807) is 0 Å². The predicted octanol–water partition coefficient (Wildman–Crippen LogP) is 2.36. The zero-order valence-corrected chi connectivity index (χ0v) is 8.79. The topological polar surface area (TPSA) is 34.1 Å². The molecule has 2 bridgehead atoms. The standard InChI is InChI=1S/C12H18O2/c1-12(7-2-8-13)10-5-3-9(4-6-10)11(12)14/h8-10H,2-7H2,1H3/t9?,10?,12-/m1/s1. The SMILES string of the molecule is C[C@]1(CCC=O)C(=O)C2CCC1CC2. The summed E-state index contributed by atoms with van der Waals surface area (Å²) in [6.45, 7) is 2.08. The Morgan fingerprint density at radius 3 is 2.50 bits per heavy atom. The van der Waals surface area contributed by atoms with Gasteiger partial charge in [0.25, 0.3) is 0 Å². The first-order valence-corrected chi connectivity index (χ1v) is 5.66. The molecule has 0 radical (unpaired) electrons. The number of Topliss-reactive ketones (excluding diaryl/α,β-unsaturated/α-hetero) is 1. The van der Waals surface area contributed by atoms with Crippen LogP contribution in [0.3, 0.4) is 0 Å². The van der Waals surface area contributed by atoms with E-state index < -0.39 is 0 Å². The fourth-order valence-corrected chi connectivity index (χ4v) is 3.35. The molecule has 0 spiro atoms. The predicted molar refractivity (Wildman–Crippen MR) is 53.9 cm³/mol. The Kier molecular flexibility index (Phi) is 2.46. The molecule has 0 unspecified atom stereocenters. The van der Waals surface area contributed by atoms with Crippen molar-refractivity contribution in [2.45, 2.75) is 45.4 Å². The molecule has 0 amide bonds. The van der Waals surface area contributed by atoms with Gasteiger partial charge >= 0.3 is 0 Å². The van der Waals surface area contributed by atoms with Crippen molar-refractivity contribution in [3.63, 3.8) is 0 Å². The van der Waals surface area contributed by atoms with Crippen LogP contribution in [0, 0.1) is 17.3 Å². The van der Waals surface area contributed by atoms with E-state index in [1.807, 2.05) is 0 Å². The van der Waals surface area contributed by atoms with Gasteiger partial charge in [-0.05, 0) is 38.0 Å². The van der Waals surface area contributed by atoms with Crippen LogP contribution < -0.4 is 0 Å². The van der Waals surface area contributed by atoms with Crippen LogP contribution in [0.15, 0.2) is 0 Å².